The van der Waals surface area contributed by atoms with Gasteiger partial charge in [-0.3, -0.25) is 0 Å². The predicted molar refractivity (Wildman–Crippen MR) is 111 cm³/mol. The molecule has 1 saturated heterocycles. The first-order valence-electron chi connectivity index (χ1n) is 9.33. The number of carbonyl (C=O) groups is 1. The maximum atomic E-state index is 15.0. The summed E-state index contributed by atoms with van der Waals surface area (Å²) >= 11 is 0. The van der Waals surface area contributed by atoms with Crippen molar-refractivity contribution in [3.05, 3.63) is 47.5 Å². The first-order valence-corrected chi connectivity index (χ1v) is 9.33. The van der Waals surface area contributed by atoms with Crippen LogP contribution in [0.1, 0.15) is 19.4 Å². The summed E-state index contributed by atoms with van der Waals surface area (Å²) < 4.78 is 39.5. The highest BCUT2D eigenvalue weighted by molar-refractivity contribution is 5.85. The molecule has 9 heteroatoms. The summed E-state index contributed by atoms with van der Waals surface area (Å²) in [5.41, 5.74) is 0.0821. The lowest BCUT2D eigenvalue weighted by Gasteiger charge is -2.38. The Morgan fingerprint density at radius 3 is 2.47 bits per heavy atom. The molecule has 164 valence electrons. The molecular weight excluding hydrogens is 418 g/mol. The normalized spacial score (nSPS) is 18.5. The van der Waals surface area contributed by atoms with Crippen LogP contribution < -0.4 is 10.1 Å². The summed E-state index contributed by atoms with van der Waals surface area (Å²) in [6.07, 6.45) is -0.613. The van der Waals surface area contributed by atoms with E-state index >= 15 is 4.39 Å². The molecule has 2 aromatic carbocycles. The van der Waals surface area contributed by atoms with Crippen LogP contribution >= 0.6 is 12.4 Å². The van der Waals surface area contributed by atoms with Crippen molar-refractivity contribution >= 4 is 18.5 Å². The Kier molecular flexibility index (Phi) is 7.86. The van der Waals surface area contributed by atoms with E-state index in [1.165, 1.54) is 25.3 Å². The number of benzene rings is 2. The number of rotatable bonds is 4. The number of methoxy groups -OCH3 is 1. The molecule has 30 heavy (non-hydrogen) atoms. The fourth-order valence-electron chi connectivity index (χ4n) is 3.51. The van der Waals surface area contributed by atoms with Crippen LogP contribution in [0.5, 0.6) is 11.5 Å². The molecule has 0 radical (unpaired) electrons. The lowest BCUT2D eigenvalue weighted by Crippen LogP contribution is -2.57. The molecule has 2 atom stereocenters. The van der Waals surface area contributed by atoms with E-state index in [1.54, 1.807) is 11.0 Å². The number of halogens is 3. The van der Waals surface area contributed by atoms with Gasteiger partial charge in [0.25, 0.3) is 0 Å². The number of nitrogens with one attached hydrogen (secondary N) is 1. The molecule has 0 saturated carbocycles. The van der Waals surface area contributed by atoms with Gasteiger partial charge in [-0.05, 0) is 43.7 Å². The highest BCUT2D eigenvalue weighted by Crippen LogP contribution is 2.34. The SMILES string of the molecule is COc1ccc(-c2ccc(F)c(COC(=O)N3[C@H](C)CNC[C@@H]3C)c2F)cc1O.Cl. The lowest BCUT2D eigenvalue weighted by molar-refractivity contribution is 0.0552. The van der Waals surface area contributed by atoms with Crippen molar-refractivity contribution in [2.24, 2.45) is 0 Å². The van der Waals surface area contributed by atoms with Crippen molar-refractivity contribution in [2.45, 2.75) is 32.5 Å². The maximum Gasteiger partial charge on any atom is 0.410 e. The highest BCUT2D eigenvalue weighted by Gasteiger charge is 2.30. The van der Waals surface area contributed by atoms with Crippen LogP contribution in [0.4, 0.5) is 13.6 Å². The van der Waals surface area contributed by atoms with E-state index in [-0.39, 0.29) is 47.1 Å². The molecule has 3 rings (SSSR count). The Morgan fingerprint density at radius 2 is 1.87 bits per heavy atom. The van der Waals surface area contributed by atoms with Crippen LogP contribution in [0.15, 0.2) is 30.3 Å². The Bertz CT molecular complexity index is 903. The first kappa shape index (κ1) is 23.7. The lowest BCUT2D eigenvalue weighted by atomic mass is 10.0. The van der Waals surface area contributed by atoms with Gasteiger partial charge < -0.3 is 24.8 Å². The molecule has 0 unspecified atom stereocenters. The molecule has 2 N–H and O–H groups in total. The van der Waals surface area contributed by atoms with Crippen LogP contribution in [0.3, 0.4) is 0 Å². The molecule has 0 aliphatic carbocycles. The van der Waals surface area contributed by atoms with Crippen LogP contribution in [0.2, 0.25) is 0 Å². The summed E-state index contributed by atoms with van der Waals surface area (Å²) in [5.74, 6) is -1.57. The predicted octanol–water partition coefficient (Wildman–Crippen LogP) is 4.09. The van der Waals surface area contributed by atoms with E-state index in [0.717, 1.165) is 6.07 Å². The number of phenols is 1. The van der Waals surface area contributed by atoms with E-state index in [2.05, 4.69) is 5.32 Å². The van der Waals surface area contributed by atoms with Gasteiger partial charge in [-0.15, -0.1) is 12.4 Å². The van der Waals surface area contributed by atoms with Gasteiger partial charge in [0.05, 0.1) is 12.7 Å². The van der Waals surface area contributed by atoms with Crippen molar-refractivity contribution < 1.29 is 28.2 Å². The Labute approximate surface area is 180 Å². The topological polar surface area (TPSA) is 71.0 Å². The Hall–Kier alpha value is -2.58. The number of ether oxygens (including phenoxy) is 2. The van der Waals surface area contributed by atoms with Crippen LogP contribution in [-0.4, -0.2) is 48.4 Å². The third kappa shape index (κ3) is 4.76. The molecular formula is C21H25ClF2N2O4. The second-order valence-electron chi connectivity index (χ2n) is 7.09. The number of piperazine rings is 1. The summed E-state index contributed by atoms with van der Waals surface area (Å²) in [5, 5.41) is 13.1. The second kappa shape index (κ2) is 9.95. The van der Waals surface area contributed by atoms with E-state index in [0.29, 0.717) is 18.7 Å². The maximum absolute atomic E-state index is 15.0. The molecule has 1 aliphatic rings. The van der Waals surface area contributed by atoms with Crippen molar-refractivity contribution in [1.29, 1.82) is 0 Å². The van der Waals surface area contributed by atoms with E-state index in [4.69, 9.17) is 9.47 Å². The molecule has 1 aliphatic heterocycles. The van der Waals surface area contributed by atoms with Crippen molar-refractivity contribution in [2.75, 3.05) is 20.2 Å². The van der Waals surface area contributed by atoms with Gasteiger partial charge in [0.1, 0.15) is 18.2 Å². The monoisotopic (exact) mass is 442 g/mol. The Balaban J connectivity index is 0.00000320. The third-order valence-electron chi connectivity index (χ3n) is 5.06. The largest absolute Gasteiger partial charge is 0.504 e. The van der Waals surface area contributed by atoms with Crippen LogP contribution in [0, 0.1) is 11.6 Å². The number of carbonyl (C=O) groups excluding carboxylic acids is 1. The number of nitrogens with zero attached hydrogens (tertiary/aromatic N) is 1. The minimum Gasteiger partial charge on any atom is -0.504 e. The van der Waals surface area contributed by atoms with Gasteiger partial charge in [-0.25, -0.2) is 13.6 Å². The molecule has 0 spiro atoms. The van der Waals surface area contributed by atoms with Crippen LogP contribution in [-0.2, 0) is 11.3 Å². The van der Waals surface area contributed by atoms with Gasteiger partial charge in [0, 0.05) is 30.7 Å². The Morgan fingerprint density at radius 1 is 1.20 bits per heavy atom. The molecule has 2 aromatic rings. The number of phenolic OH excluding ortho intramolecular Hbond substituents is 1. The highest BCUT2D eigenvalue weighted by atomic mass is 35.5. The molecule has 1 heterocycles. The quantitative estimate of drug-likeness (QED) is 0.746. The third-order valence-corrected chi connectivity index (χ3v) is 5.06. The second-order valence-corrected chi connectivity index (χ2v) is 7.09. The fraction of sp³-hybridized carbons (Fsp3) is 0.381. The van der Waals surface area contributed by atoms with Crippen molar-refractivity contribution in [1.82, 2.24) is 10.2 Å². The standard InChI is InChI=1S/C21H24F2N2O4.ClH/c1-12-9-24-10-13(2)25(12)21(27)29-11-16-17(22)6-5-15(20(16)23)14-4-7-19(28-3)18(26)8-14;/h4-8,12-13,24,26H,9-11H2,1-3H3;1H/t12-,13+;. The number of hydrogen-bond acceptors (Lipinski definition) is 5. The van der Waals surface area contributed by atoms with E-state index < -0.39 is 24.3 Å². The number of hydrogen-bond donors (Lipinski definition) is 2. The van der Waals surface area contributed by atoms with Gasteiger partial charge in [-0.1, -0.05) is 6.07 Å². The summed E-state index contributed by atoms with van der Waals surface area (Å²) in [6, 6.07) is 6.57. The van der Waals surface area contributed by atoms with Gasteiger partial charge in [0.15, 0.2) is 11.5 Å². The molecule has 0 bridgehead atoms. The zero-order valence-electron chi connectivity index (χ0n) is 16.9. The zero-order valence-corrected chi connectivity index (χ0v) is 17.8. The smallest absolute Gasteiger partial charge is 0.410 e. The average molecular weight is 443 g/mol. The van der Waals surface area contributed by atoms with Crippen LogP contribution in [0.25, 0.3) is 11.1 Å². The molecule has 6 nitrogen and oxygen atoms in total. The van der Waals surface area contributed by atoms with Gasteiger partial charge in [0.2, 0.25) is 0 Å². The van der Waals surface area contributed by atoms with Crippen molar-refractivity contribution in [3.8, 4) is 22.6 Å². The minimum atomic E-state index is -0.844. The summed E-state index contributed by atoms with van der Waals surface area (Å²) in [6.45, 7) is 4.47. The van der Waals surface area contributed by atoms with E-state index in [9.17, 15) is 14.3 Å². The zero-order chi connectivity index (χ0) is 21.1. The van der Waals surface area contributed by atoms with Gasteiger partial charge in [-0.2, -0.15) is 0 Å². The average Bonchev–Trinajstić information content (AvgIpc) is 2.67. The number of amides is 1. The van der Waals surface area contributed by atoms with Gasteiger partial charge >= 0.3 is 6.09 Å². The molecule has 1 amide bonds. The molecule has 1 fully saturated rings. The summed E-state index contributed by atoms with van der Waals surface area (Å²) in [4.78, 5) is 14.0. The molecule has 0 aromatic heterocycles. The fourth-order valence-corrected chi connectivity index (χ4v) is 3.51. The number of aromatic hydroxyl groups is 1. The summed E-state index contributed by atoms with van der Waals surface area (Å²) in [7, 11) is 1.40. The minimum absolute atomic E-state index is 0. The van der Waals surface area contributed by atoms with Crippen molar-refractivity contribution in [3.63, 3.8) is 0 Å². The van der Waals surface area contributed by atoms with E-state index in [1.807, 2.05) is 13.8 Å². The first-order chi connectivity index (χ1) is 13.8.